The minimum absolute atomic E-state index is 0.291. The number of ether oxygens (including phenoxy) is 1. The van der Waals surface area contributed by atoms with E-state index in [4.69, 9.17) is 16.3 Å². The number of halogens is 1. The summed E-state index contributed by atoms with van der Waals surface area (Å²) in [6.45, 7) is 3.78. The number of aromatic nitrogens is 3. The van der Waals surface area contributed by atoms with Crippen molar-refractivity contribution in [3.63, 3.8) is 0 Å². The predicted molar refractivity (Wildman–Crippen MR) is 82.9 cm³/mol. The van der Waals surface area contributed by atoms with Crippen molar-refractivity contribution in [3.05, 3.63) is 34.6 Å². The first-order valence-corrected chi connectivity index (χ1v) is 7.63. The number of aryl methyl sites for hydroxylation is 1. The van der Waals surface area contributed by atoms with Crippen molar-refractivity contribution >= 4 is 29.3 Å². The summed E-state index contributed by atoms with van der Waals surface area (Å²) >= 11 is 7.52. The molecule has 0 aliphatic rings. The van der Waals surface area contributed by atoms with E-state index < -0.39 is 0 Å². The van der Waals surface area contributed by atoms with Crippen molar-refractivity contribution < 1.29 is 9.53 Å². The lowest BCUT2D eigenvalue weighted by atomic mass is 10.2. The third-order valence-corrected chi connectivity index (χ3v) is 3.80. The first kappa shape index (κ1) is 15.7. The number of thioether (sulfide) groups is 1. The molecule has 0 saturated heterocycles. The van der Waals surface area contributed by atoms with Gasteiger partial charge in [-0.2, -0.15) is 0 Å². The maximum Gasteiger partial charge on any atom is 0.270 e. The monoisotopic (exact) mass is 326 g/mol. The second-order valence-electron chi connectivity index (χ2n) is 4.09. The van der Waals surface area contributed by atoms with E-state index in [2.05, 4.69) is 15.6 Å². The number of nitrogens with zero attached hydrogens (tertiary/aromatic N) is 3. The van der Waals surface area contributed by atoms with Gasteiger partial charge in [0, 0.05) is 5.56 Å². The SMILES string of the molecule is CCSc1nnc(C)n1NC(=O)c1ccc(OC)c(Cl)c1. The van der Waals surface area contributed by atoms with Gasteiger partial charge in [-0.1, -0.05) is 30.3 Å². The molecule has 1 N–H and O–H groups in total. The number of methoxy groups -OCH3 is 1. The molecule has 0 atom stereocenters. The zero-order chi connectivity index (χ0) is 15.4. The van der Waals surface area contributed by atoms with Gasteiger partial charge >= 0.3 is 0 Å². The van der Waals surface area contributed by atoms with Gasteiger partial charge in [-0.3, -0.25) is 10.2 Å². The lowest BCUT2D eigenvalue weighted by molar-refractivity contribution is 0.100. The summed E-state index contributed by atoms with van der Waals surface area (Å²) in [4.78, 5) is 12.3. The predicted octanol–water partition coefficient (Wildman–Crippen LogP) is 2.74. The van der Waals surface area contributed by atoms with Gasteiger partial charge in [0.25, 0.3) is 5.91 Å². The van der Waals surface area contributed by atoms with Crippen LogP contribution in [0.4, 0.5) is 0 Å². The molecule has 0 saturated carbocycles. The normalized spacial score (nSPS) is 10.5. The number of amides is 1. The molecule has 1 amide bonds. The van der Waals surface area contributed by atoms with E-state index in [-0.39, 0.29) is 5.91 Å². The van der Waals surface area contributed by atoms with E-state index in [0.717, 1.165) is 5.75 Å². The van der Waals surface area contributed by atoms with Crippen LogP contribution in [0, 0.1) is 6.92 Å². The molecule has 0 aliphatic heterocycles. The molecule has 0 bridgehead atoms. The average Bonchev–Trinajstić information content (AvgIpc) is 2.80. The molecule has 2 rings (SSSR count). The van der Waals surface area contributed by atoms with E-state index >= 15 is 0 Å². The highest BCUT2D eigenvalue weighted by Gasteiger charge is 2.14. The Labute approximate surface area is 131 Å². The van der Waals surface area contributed by atoms with Crippen LogP contribution in [0.5, 0.6) is 5.75 Å². The van der Waals surface area contributed by atoms with Crippen LogP contribution in [0.25, 0.3) is 0 Å². The summed E-state index contributed by atoms with van der Waals surface area (Å²) in [7, 11) is 1.52. The van der Waals surface area contributed by atoms with Crippen molar-refractivity contribution in [1.29, 1.82) is 0 Å². The van der Waals surface area contributed by atoms with Crippen molar-refractivity contribution in [2.24, 2.45) is 0 Å². The fourth-order valence-electron chi connectivity index (χ4n) is 1.67. The molecule has 21 heavy (non-hydrogen) atoms. The third kappa shape index (κ3) is 3.48. The Morgan fingerprint density at radius 1 is 1.48 bits per heavy atom. The fourth-order valence-corrected chi connectivity index (χ4v) is 2.59. The Bertz CT molecular complexity index is 660. The van der Waals surface area contributed by atoms with E-state index in [0.29, 0.717) is 27.3 Å². The Morgan fingerprint density at radius 2 is 2.24 bits per heavy atom. The lowest BCUT2D eigenvalue weighted by Crippen LogP contribution is -2.24. The van der Waals surface area contributed by atoms with E-state index in [1.54, 1.807) is 29.8 Å². The average molecular weight is 327 g/mol. The third-order valence-electron chi connectivity index (χ3n) is 2.70. The Hall–Kier alpha value is -1.73. The number of hydrogen-bond acceptors (Lipinski definition) is 5. The molecule has 1 aromatic heterocycles. The van der Waals surface area contributed by atoms with Crippen LogP contribution >= 0.6 is 23.4 Å². The summed E-state index contributed by atoms with van der Waals surface area (Å²) in [6.07, 6.45) is 0. The largest absolute Gasteiger partial charge is 0.495 e. The molecular weight excluding hydrogens is 312 g/mol. The van der Waals surface area contributed by atoms with Crippen LogP contribution in [0.3, 0.4) is 0 Å². The number of rotatable bonds is 5. The zero-order valence-corrected chi connectivity index (χ0v) is 13.5. The highest BCUT2D eigenvalue weighted by Crippen LogP contribution is 2.25. The molecule has 0 aliphatic carbocycles. The van der Waals surface area contributed by atoms with Crippen LogP contribution in [0.1, 0.15) is 23.1 Å². The first-order valence-electron chi connectivity index (χ1n) is 6.26. The molecule has 0 unspecified atom stereocenters. The topological polar surface area (TPSA) is 69.0 Å². The quantitative estimate of drug-likeness (QED) is 0.856. The van der Waals surface area contributed by atoms with Crippen LogP contribution in [-0.4, -0.2) is 33.6 Å². The second kappa shape index (κ2) is 6.82. The van der Waals surface area contributed by atoms with E-state index in [9.17, 15) is 4.79 Å². The minimum Gasteiger partial charge on any atom is -0.495 e. The molecule has 112 valence electrons. The minimum atomic E-state index is -0.291. The summed E-state index contributed by atoms with van der Waals surface area (Å²) in [6, 6.07) is 4.85. The Morgan fingerprint density at radius 3 is 2.86 bits per heavy atom. The Kier molecular flexibility index (Phi) is 5.08. The van der Waals surface area contributed by atoms with Gasteiger partial charge in [0.15, 0.2) is 0 Å². The van der Waals surface area contributed by atoms with Gasteiger partial charge in [0.2, 0.25) is 5.16 Å². The zero-order valence-electron chi connectivity index (χ0n) is 11.9. The van der Waals surface area contributed by atoms with Crippen LogP contribution < -0.4 is 10.2 Å². The maximum atomic E-state index is 12.3. The van der Waals surface area contributed by atoms with Crippen LogP contribution in [-0.2, 0) is 0 Å². The fraction of sp³-hybridized carbons (Fsp3) is 0.308. The van der Waals surface area contributed by atoms with E-state index in [1.807, 2.05) is 6.92 Å². The van der Waals surface area contributed by atoms with Gasteiger partial charge in [-0.15, -0.1) is 10.2 Å². The molecule has 8 heteroatoms. The van der Waals surface area contributed by atoms with Gasteiger partial charge in [-0.25, -0.2) is 4.68 Å². The number of hydrogen-bond donors (Lipinski definition) is 1. The molecule has 0 fully saturated rings. The summed E-state index contributed by atoms with van der Waals surface area (Å²) in [5.41, 5.74) is 3.19. The molecule has 1 heterocycles. The van der Waals surface area contributed by atoms with Crippen LogP contribution in [0.15, 0.2) is 23.4 Å². The highest BCUT2D eigenvalue weighted by atomic mass is 35.5. The Balaban J connectivity index is 2.22. The lowest BCUT2D eigenvalue weighted by Gasteiger charge is -2.10. The van der Waals surface area contributed by atoms with E-state index in [1.165, 1.54) is 18.9 Å². The summed E-state index contributed by atoms with van der Waals surface area (Å²) in [5.74, 6) is 1.68. The molecule has 6 nitrogen and oxygen atoms in total. The van der Waals surface area contributed by atoms with Crippen molar-refractivity contribution in [1.82, 2.24) is 14.9 Å². The van der Waals surface area contributed by atoms with Crippen LogP contribution in [0.2, 0.25) is 5.02 Å². The van der Waals surface area contributed by atoms with Gasteiger partial charge in [-0.05, 0) is 30.9 Å². The van der Waals surface area contributed by atoms with Gasteiger partial charge < -0.3 is 4.74 Å². The summed E-state index contributed by atoms with van der Waals surface area (Å²) in [5, 5.41) is 9.00. The summed E-state index contributed by atoms with van der Waals surface area (Å²) < 4.78 is 6.63. The number of carbonyl (C=O) groups is 1. The second-order valence-corrected chi connectivity index (χ2v) is 5.73. The molecule has 1 aromatic carbocycles. The van der Waals surface area contributed by atoms with Crippen molar-refractivity contribution in [3.8, 4) is 5.75 Å². The number of carbonyl (C=O) groups excluding carboxylic acids is 1. The molecule has 0 radical (unpaired) electrons. The van der Waals surface area contributed by atoms with Crippen molar-refractivity contribution in [2.45, 2.75) is 19.0 Å². The smallest absolute Gasteiger partial charge is 0.270 e. The molecular formula is C13H15ClN4O2S. The number of benzene rings is 1. The first-order chi connectivity index (χ1) is 10.1. The maximum absolute atomic E-state index is 12.3. The highest BCUT2D eigenvalue weighted by molar-refractivity contribution is 7.99. The van der Waals surface area contributed by atoms with Gasteiger partial charge in [0.1, 0.15) is 11.6 Å². The van der Waals surface area contributed by atoms with Gasteiger partial charge in [0.05, 0.1) is 12.1 Å². The molecule has 0 spiro atoms. The molecule has 2 aromatic rings. The van der Waals surface area contributed by atoms with Crippen molar-refractivity contribution in [2.75, 3.05) is 18.3 Å². The standard InChI is InChI=1S/C13H15ClN4O2S/c1-4-21-13-16-15-8(2)18(13)17-12(19)9-5-6-11(20-3)10(14)7-9/h5-7H,4H2,1-3H3,(H,17,19). The number of nitrogens with one attached hydrogen (secondary N) is 1.